The highest BCUT2D eigenvalue weighted by Gasteiger charge is 2.11. The zero-order chi connectivity index (χ0) is 17.0. The van der Waals surface area contributed by atoms with Crippen molar-refractivity contribution in [3.8, 4) is 12.1 Å². The van der Waals surface area contributed by atoms with Gasteiger partial charge < -0.3 is 20.1 Å². The normalized spacial score (nSPS) is 16.3. The third-order valence-corrected chi connectivity index (χ3v) is 2.78. The Kier molecular flexibility index (Phi) is 10.6. The van der Waals surface area contributed by atoms with Crippen LogP contribution >= 0.6 is 12.6 Å². The van der Waals surface area contributed by atoms with Gasteiger partial charge in [-0.3, -0.25) is 0 Å². The SMILES string of the molecule is CCOC(=O)/C(C#N)=C/C(C#N)=C(/N)S.CN1CCOCC1. The molecule has 0 bridgehead atoms. The van der Waals surface area contributed by atoms with Crippen LogP contribution in [0, 0.1) is 22.7 Å². The summed E-state index contributed by atoms with van der Waals surface area (Å²) in [6, 6.07) is 3.32. The lowest BCUT2D eigenvalue weighted by atomic mass is 10.2. The fourth-order valence-corrected chi connectivity index (χ4v) is 1.42. The van der Waals surface area contributed by atoms with E-state index in [0.717, 1.165) is 32.4 Å². The number of hydrogen-bond donors (Lipinski definition) is 2. The number of rotatable bonds is 3. The van der Waals surface area contributed by atoms with Crippen molar-refractivity contribution in [2.24, 2.45) is 5.73 Å². The Balaban J connectivity index is 0.000000518. The maximum absolute atomic E-state index is 11.1. The summed E-state index contributed by atoms with van der Waals surface area (Å²) in [7, 11) is 2.11. The molecule has 1 heterocycles. The maximum Gasteiger partial charge on any atom is 0.348 e. The van der Waals surface area contributed by atoms with Gasteiger partial charge >= 0.3 is 5.97 Å². The molecule has 0 radical (unpaired) electrons. The molecule has 1 saturated heterocycles. The fourth-order valence-electron chi connectivity index (χ4n) is 1.31. The van der Waals surface area contributed by atoms with Crippen LogP contribution in [0.4, 0.5) is 0 Å². The van der Waals surface area contributed by atoms with Crippen molar-refractivity contribution in [1.82, 2.24) is 4.90 Å². The molecule has 2 N–H and O–H groups in total. The van der Waals surface area contributed by atoms with Gasteiger partial charge in [-0.25, -0.2) is 4.79 Å². The minimum atomic E-state index is -0.790. The van der Waals surface area contributed by atoms with E-state index >= 15 is 0 Å². The van der Waals surface area contributed by atoms with Gasteiger partial charge in [0.05, 0.1) is 30.4 Å². The average Bonchev–Trinajstić information content (AvgIpc) is 2.49. The summed E-state index contributed by atoms with van der Waals surface area (Å²) in [5.41, 5.74) is 4.90. The number of nitrogens with two attached hydrogens (primary N) is 1. The number of esters is 1. The zero-order valence-corrected chi connectivity index (χ0v) is 13.6. The number of thiol groups is 1. The Morgan fingerprint density at radius 3 is 2.32 bits per heavy atom. The van der Waals surface area contributed by atoms with Gasteiger partial charge in [0.15, 0.2) is 0 Å². The first-order chi connectivity index (χ1) is 10.5. The molecule has 0 atom stereocenters. The lowest BCUT2D eigenvalue weighted by molar-refractivity contribution is -0.138. The summed E-state index contributed by atoms with van der Waals surface area (Å²) < 4.78 is 9.69. The molecule has 0 aliphatic carbocycles. The van der Waals surface area contributed by atoms with E-state index in [1.807, 2.05) is 0 Å². The first-order valence-electron chi connectivity index (χ1n) is 6.60. The summed E-state index contributed by atoms with van der Waals surface area (Å²) in [5, 5.41) is 17.2. The number of carbonyl (C=O) groups excluding carboxylic acids is 1. The molecule has 22 heavy (non-hydrogen) atoms. The standard InChI is InChI=1S/C9H9N3O2S.C5H11NO/c1-2-14-9(13)7(5-11)3-6(4-10)8(12)15;1-6-2-4-7-5-3-6/h3,15H,2,12H2,1H3;2-5H2,1H3/b7-3+,8-6+;. The number of morpholine rings is 1. The molecule has 120 valence electrons. The van der Waals surface area contributed by atoms with E-state index in [4.69, 9.17) is 21.0 Å². The van der Waals surface area contributed by atoms with E-state index in [-0.39, 0.29) is 22.8 Å². The van der Waals surface area contributed by atoms with Crippen LogP contribution in [0.5, 0.6) is 0 Å². The van der Waals surface area contributed by atoms with Crippen molar-refractivity contribution in [3.05, 3.63) is 22.3 Å². The van der Waals surface area contributed by atoms with E-state index in [1.54, 1.807) is 19.1 Å². The molecule has 1 fully saturated rings. The van der Waals surface area contributed by atoms with Crippen molar-refractivity contribution in [3.63, 3.8) is 0 Å². The Bertz CT molecular complexity index is 507. The number of nitriles is 2. The third-order valence-electron chi connectivity index (χ3n) is 2.54. The van der Waals surface area contributed by atoms with Gasteiger partial charge in [0.2, 0.25) is 0 Å². The van der Waals surface area contributed by atoms with Gasteiger partial charge in [-0.2, -0.15) is 10.5 Å². The molecule has 0 amide bonds. The smallest absolute Gasteiger partial charge is 0.348 e. The monoisotopic (exact) mass is 324 g/mol. The number of allylic oxidation sites excluding steroid dienone is 2. The predicted molar refractivity (Wildman–Crippen MR) is 84.5 cm³/mol. The highest BCUT2D eigenvalue weighted by atomic mass is 32.1. The number of carbonyl (C=O) groups is 1. The van der Waals surface area contributed by atoms with Crippen LogP contribution in [0.3, 0.4) is 0 Å². The molecule has 0 spiro atoms. The van der Waals surface area contributed by atoms with Crippen LogP contribution in [-0.4, -0.2) is 50.8 Å². The van der Waals surface area contributed by atoms with Gasteiger partial charge in [-0.1, -0.05) is 0 Å². The Morgan fingerprint density at radius 1 is 1.41 bits per heavy atom. The fraction of sp³-hybridized carbons (Fsp3) is 0.500. The van der Waals surface area contributed by atoms with E-state index < -0.39 is 5.97 Å². The summed E-state index contributed by atoms with van der Waals surface area (Å²) in [4.78, 5) is 13.4. The lowest BCUT2D eigenvalue weighted by Gasteiger charge is -2.21. The van der Waals surface area contributed by atoms with Gasteiger partial charge in [0.1, 0.15) is 17.7 Å². The molecule has 1 rings (SSSR count). The maximum atomic E-state index is 11.1. The van der Waals surface area contributed by atoms with Gasteiger partial charge in [0, 0.05) is 13.1 Å². The summed E-state index contributed by atoms with van der Waals surface area (Å²) in [5.74, 6) is -0.790. The molecule has 0 unspecified atom stereocenters. The average molecular weight is 324 g/mol. The number of ether oxygens (including phenoxy) is 2. The molecule has 7 nitrogen and oxygen atoms in total. The molecule has 0 aromatic heterocycles. The second-order valence-corrected chi connectivity index (χ2v) is 4.70. The minimum Gasteiger partial charge on any atom is -0.462 e. The van der Waals surface area contributed by atoms with Gasteiger partial charge in [0.25, 0.3) is 0 Å². The lowest BCUT2D eigenvalue weighted by Crippen LogP contribution is -2.32. The van der Waals surface area contributed by atoms with Gasteiger partial charge in [-0.05, 0) is 20.0 Å². The van der Waals surface area contributed by atoms with Crippen LogP contribution in [0.1, 0.15) is 6.92 Å². The van der Waals surface area contributed by atoms with Crippen LogP contribution in [-0.2, 0) is 14.3 Å². The van der Waals surface area contributed by atoms with E-state index in [2.05, 4.69) is 29.3 Å². The van der Waals surface area contributed by atoms with Crippen LogP contribution in [0.25, 0.3) is 0 Å². The van der Waals surface area contributed by atoms with Gasteiger partial charge in [-0.15, -0.1) is 12.6 Å². The molecular weight excluding hydrogens is 304 g/mol. The topological polar surface area (TPSA) is 112 Å². The largest absolute Gasteiger partial charge is 0.462 e. The molecule has 0 aromatic carbocycles. The van der Waals surface area contributed by atoms with Crippen molar-refractivity contribution in [1.29, 1.82) is 10.5 Å². The van der Waals surface area contributed by atoms with E-state index in [9.17, 15) is 4.79 Å². The first kappa shape index (κ1) is 20.0. The Morgan fingerprint density at radius 2 is 2.00 bits per heavy atom. The van der Waals surface area contributed by atoms with Crippen LogP contribution < -0.4 is 5.73 Å². The van der Waals surface area contributed by atoms with Crippen molar-refractivity contribution >= 4 is 18.6 Å². The van der Waals surface area contributed by atoms with E-state index in [1.165, 1.54) is 0 Å². The molecule has 0 saturated carbocycles. The highest BCUT2D eigenvalue weighted by molar-refractivity contribution is 7.84. The second kappa shape index (κ2) is 11.6. The third kappa shape index (κ3) is 8.32. The summed E-state index contributed by atoms with van der Waals surface area (Å²) >= 11 is 3.74. The Hall–Kier alpha value is -2.00. The summed E-state index contributed by atoms with van der Waals surface area (Å²) in [6.07, 6.45) is 1.04. The molecule has 8 heteroatoms. The van der Waals surface area contributed by atoms with Crippen molar-refractivity contribution in [2.75, 3.05) is 40.0 Å². The molecule has 1 aliphatic rings. The first-order valence-corrected chi connectivity index (χ1v) is 7.05. The Labute approximate surface area is 136 Å². The number of hydrogen-bond acceptors (Lipinski definition) is 8. The quantitative estimate of drug-likeness (QED) is 0.256. The highest BCUT2D eigenvalue weighted by Crippen LogP contribution is 2.08. The minimum absolute atomic E-state index is 0.0528. The molecule has 1 aliphatic heterocycles. The zero-order valence-electron chi connectivity index (χ0n) is 12.7. The predicted octanol–water partition coefficient (Wildman–Crippen LogP) is 0.572. The molecule has 0 aromatic rings. The molecular formula is C14H20N4O3S. The van der Waals surface area contributed by atoms with Crippen molar-refractivity contribution < 1.29 is 14.3 Å². The number of likely N-dealkylation sites (N-methyl/N-ethyl adjacent to an activating group) is 1. The summed E-state index contributed by atoms with van der Waals surface area (Å²) in [6.45, 7) is 5.79. The van der Waals surface area contributed by atoms with Crippen LogP contribution in [0.2, 0.25) is 0 Å². The van der Waals surface area contributed by atoms with Crippen molar-refractivity contribution in [2.45, 2.75) is 6.92 Å². The second-order valence-electron chi connectivity index (χ2n) is 4.22. The number of nitrogens with zero attached hydrogens (tertiary/aromatic N) is 3. The van der Waals surface area contributed by atoms with Crippen LogP contribution in [0.15, 0.2) is 22.3 Å². The van der Waals surface area contributed by atoms with E-state index in [0.29, 0.717) is 0 Å².